The van der Waals surface area contributed by atoms with Crippen LogP contribution in [-0.4, -0.2) is 4.57 Å². The minimum absolute atomic E-state index is 0.882. The summed E-state index contributed by atoms with van der Waals surface area (Å²) in [6.45, 7) is 0. The molecule has 0 aliphatic carbocycles. The van der Waals surface area contributed by atoms with Gasteiger partial charge < -0.3 is 13.9 Å². The highest BCUT2D eigenvalue weighted by Crippen LogP contribution is 2.47. The third-order valence-electron chi connectivity index (χ3n) is 12.0. The molecule has 4 heterocycles. The zero-order valence-corrected chi connectivity index (χ0v) is 33.2. The van der Waals surface area contributed by atoms with E-state index in [1.165, 1.54) is 62.2 Å². The van der Waals surface area contributed by atoms with Crippen molar-refractivity contribution in [1.29, 1.82) is 0 Å². The molecule has 0 fully saturated rings. The Labute approximate surface area is 346 Å². The molecule has 13 rings (SSSR count). The lowest BCUT2D eigenvalue weighted by Crippen LogP contribution is -2.10. The van der Waals surface area contributed by atoms with Gasteiger partial charge in [-0.3, -0.25) is 0 Å². The van der Waals surface area contributed by atoms with Crippen LogP contribution < -0.4 is 4.90 Å². The van der Waals surface area contributed by atoms with Crippen LogP contribution in [0.1, 0.15) is 0 Å². The first-order valence-electron chi connectivity index (χ1n) is 19.9. The lowest BCUT2D eigenvalue weighted by atomic mass is 9.98. The van der Waals surface area contributed by atoms with Gasteiger partial charge in [0.05, 0.1) is 11.0 Å². The highest BCUT2D eigenvalue weighted by Gasteiger charge is 2.22. The van der Waals surface area contributed by atoms with E-state index < -0.39 is 0 Å². The zero-order valence-electron chi connectivity index (χ0n) is 31.6. The van der Waals surface area contributed by atoms with Crippen LogP contribution in [-0.2, 0) is 0 Å². The molecule has 0 saturated carbocycles. The lowest BCUT2D eigenvalue weighted by Gasteiger charge is -2.26. The molecule has 0 saturated heterocycles. The fourth-order valence-corrected chi connectivity index (χ4v) is 11.5. The van der Waals surface area contributed by atoms with Crippen molar-refractivity contribution in [2.75, 3.05) is 4.90 Å². The number of aromatic nitrogens is 1. The molecule has 5 heteroatoms. The van der Waals surface area contributed by atoms with Crippen molar-refractivity contribution in [2.45, 2.75) is 0 Å². The van der Waals surface area contributed by atoms with Crippen molar-refractivity contribution in [2.24, 2.45) is 0 Å². The molecule has 0 aliphatic rings. The minimum atomic E-state index is 0.882. The maximum atomic E-state index is 6.82. The van der Waals surface area contributed by atoms with E-state index in [1.54, 1.807) is 0 Å². The predicted octanol–water partition coefficient (Wildman–Crippen LogP) is 16.6. The molecular weight excluding hydrogens is 757 g/mol. The van der Waals surface area contributed by atoms with Gasteiger partial charge in [0.15, 0.2) is 0 Å². The third kappa shape index (κ3) is 4.99. The Morgan fingerprint density at radius 3 is 1.83 bits per heavy atom. The predicted molar refractivity (Wildman–Crippen MR) is 254 cm³/mol. The monoisotopic (exact) mass is 788 g/mol. The number of thiophene rings is 2. The second-order valence-corrected chi connectivity index (χ2v) is 17.4. The van der Waals surface area contributed by atoms with Gasteiger partial charge in [-0.1, -0.05) is 103 Å². The lowest BCUT2D eigenvalue weighted by molar-refractivity contribution is 0.670. The summed E-state index contributed by atoms with van der Waals surface area (Å²) in [6, 6.07) is 70.8. The van der Waals surface area contributed by atoms with Crippen molar-refractivity contribution in [3.8, 4) is 16.8 Å². The molecule has 0 bridgehead atoms. The van der Waals surface area contributed by atoms with E-state index in [1.807, 2.05) is 22.7 Å². The van der Waals surface area contributed by atoms with Gasteiger partial charge in [0.25, 0.3) is 0 Å². The summed E-state index contributed by atoms with van der Waals surface area (Å²) in [5, 5.41) is 9.77. The van der Waals surface area contributed by atoms with Gasteiger partial charge in [-0.05, 0) is 96.6 Å². The number of nitrogens with zero attached hydrogens (tertiary/aromatic N) is 2. The maximum absolute atomic E-state index is 6.82. The number of anilines is 3. The minimum Gasteiger partial charge on any atom is -0.455 e. The molecule has 0 N–H and O–H groups in total. The van der Waals surface area contributed by atoms with Crippen LogP contribution in [0.5, 0.6) is 0 Å². The largest absolute Gasteiger partial charge is 0.455 e. The van der Waals surface area contributed by atoms with Crippen molar-refractivity contribution >= 4 is 124 Å². The molecule has 0 aliphatic heterocycles. The van der Waals surface area contributed by atoms with E-state index in [2.05, 4.69) is 204 Å². The van der Waals surface area contributed by atoms with Gasteiger partial charge in [-0.2, -0.15) is 0 Å². The molecule has 0 atom stereocenters. The second kappa shape index (κ2) is 12.7. The van der Waals surface area contributed by atoms with Crippen molar-refractivity contribution < 1.29 is 4.42 Å². The molecule has 9 aromatic carbocycles. The Kier molecular flexibility index (Phi) is 7.05. The van der Waals surface area contributed by atoms with Crippen LogP contribution in [0.3, 0.4) is 0 Å². The number of furan rings is 1. The van der Waals surface area contributed by atoms with Gasteiger partial charge in [0.2, 0.25) is 0 Å². The molecule has 3 nitrogen and oxygen atoms in total. The van der Waals surface area contributed by atoms with Crippen LogP contribution in [0.15, 0.2) is 199 Å². The Bertz CT molecular complexity index is 3810. The second-order valence-electron chi connectivity index (χ2n) is 15.3. The third-order valence-corrected chi connectivity index (χ3v) is 14.2. The van der Waals surface area contributed by atoms with Gasteiger partial charge in [-0.15, -0.1) is 22.7 Å². The Morgan fingerprint density at radius 1 is 0.373 bits per heavy atom. The number of fused-ring (bicyclic) bond motifs is 12. The highest BCUT2D eigenvalue weighted by molar-refractivity contribution is 7.26. The van der Waals surface area contributed by atoms with Crippen molar-refractivity contribution in [3.63, 3.8) is 0 Å². The average Bonchev–Trinajstić information content (AvgIpc) is 4.05. The van der Waals surface area contributed by atoms with E-state index in [4.69, 9.17) is 4.42 Å². The fraction of sp³-hybridized carbons (Fsp3) is 0. The molecular formula is C54H32N2OS2. The Balaban J connectivity index is 1.09. The van der Waals surface area contributed by atoms with Crippen LogP contribution in [0.4, 0.5) is 17.1 Å². The quantitative estimate of drug-likeness (QED) is 0.173. The number of rotatable bonds is 5. The zero-order chi connectivity index (χ0) is 38.6. The van der Waals surface area contributed by atoms with E-state index in [0.29, 0.717) is 0 Å². The summed E-state index contributed by atoms with van der Waals surface area (Å²) in [7, 11) is 0. The van der Waals surface area contributed by atoms with E-state index in [-0.39, 0.29) is 0 Å². The summed E-state index contributed by atoms with van der Waals surface area (Å²) in [4.78, 5) is 2.44. The van der Waals surface area contributed by atoms with E-state index in [0.717, 1.165) is 55.8 Å². The summed E-state index contributed by atoms with van der Waals surface area (Å²) in [6.07, 6.45) is 0. The topological polar surface area (TPSA) is 21.3 Å². The van der Waals surface area contributed by atoms with Gasteiger partial charge in [0, 0.05) is 90.2 Å². The summed E-state index contributed by atoms with van der Waals surface area (Å²) >= 11 is 3.71. The molecule has 0 spiro atoms. The molecule has 59 heavy (non-hydrogen) atoms. The molecule has 276 valence electrons. The molecule has 4 aromatic heterocycles. The van der Waals surface area contributed by atoms with Crippen LogP contribution >= 0.6 is 22.7 Å². The molecule has 13 aromatic rings. The van der Waals surface area contributed by atoms with Crippen LogP contribution in [0.2, 0.25) is 0 Å². The molecule has 0 unspecified atom stereocenters. The molecule has 0 radical (unpaired) electrons. The highest BCUT2D eigenvalue weighted by atomic mass is 32.1. The standard InChI is InChI=1S/C54H32N2OS2/c1-2-12-34(13-3-1)56-47-18-8-4-14-38(47)44-28-33(22-26-48(44)56)43-30-37(31-46-39-15-5-9-19-49(39)57-54(43)46)55(35-24-27-52-45(29-35)41-17-7-11-21-51(41)58-52)36-23-25-42-40-16-6-10-20-50(40)59-53(42)32-36/h1-32H. The first-order chi connectivity index (χ1) is 29.2. The Hall–Kier alpha value is -7.18. The first kappa shape index (κ1) is 32.9. The number of para-hydroxylation sites is 3. The van der Waals surface area contributed by atoms with Crippen LogP contribution in [0.25, 0.3) is 101 Å². The van der Waals surface area contributed by atoms with E-state index in [9.17, 15) is 0 Å². The summed E-state index contributed by atoms with van der Waals surface area (Å²) < 4.78 is 14.4. The molecule has 0 amide bonds. The number of hydrogen-bond donors (Lipinski definition) is 0. The van der Waals surface area contributed by atoms with Gasteiger partial charge in [0.1, 0.15) is 11.2 Å². The van der Waals surface area contributed by atoms with Gasteiger partial charge in [-0.25, -0.2) is 0 Å². The first-order valence-corrected chi connectivity index (χ1v) is 21.5. The fourth-order valence-electron chi connectivity index (χ4n) is 9.30. The summed E-state index contributed by atoms with van der Waals surface area (Å²) in [5.74, 6) is 0. The smallest absolute Gasteiger partial charge is 0.143 e. The van der Waals surface area contributed by atoms with Crippen molar-refractivity contribution in [3.05, 3.63) is 194 Å². The average molecular weight is 789 g/mol. The number of hydrogen-bond acceptors (Lipinski definition) is 4. The maximum Gasteiger partial charge on any atom is 0.143 e. The SMILES string of the molecule is c1ccc(-n2c3ccccc3c3cc(-c4cc(N(c5ccc6c(c5)sc5ccccc56)c5ccc6sc7ccccc7c6c5)cc5c4oc4ccccc45)ccc32)cc1. The van der Waals surface area contributed by atoms with Crippen LogP contribution in [0, 0.1) is 0 Å². The van der Waals surface area contributed by atoms with E-state index >= 15 is 0 Å². The normalized spacial score (nSPS) is 12.1. The van der Waals surface area contributed by atoms with Crippen molar-refractivity contribution in [1.82, 2.24) is 4.57 Å². The summed E-state index contributed by atoms with van der Waals surface area (Å²) in [5.41, 5.74) is 10.7. The Morgan fingerprint density at radius 2 is 0.983 bits per heavy atom. The number of benzene rings is 9. The van der Waals surface area contributed by atoms with Gasteiger partial charge >= 0.3 is 0 Å².